The third kappa shape index (κ3) is 6.25. The van der Waals surface area contributed by atoms with Crippen LogP contribution in [-0.4, -0.2) is 62.6 Å². The van der Waals surface area contributed by atoms with Crippen LogP contribution in [0.4, 0.5) is 0 Å². The Morgan fingerprint density at radius 2 is 1.58 bits per heavy atom. The number of likely N-dealkylation sites (N-methyl/N-ethyl adjacent to an activating group) is 1. The second-order valence-electron chi connectivity index (χ2n) is 7.52. The van der Waals surface area contributed by atoms with E-state index in [2.05, 4.69) is 17.8 Å². The van der Waals surface area contributed by atoms with Crippen LogP contribution in [0.2, 0.25) is 0 Å². The number of benzene rings is 2. The van der Waals surface area contributed by atoms with Gasteiger partial charge in [0.2, 0.25) is 0 Å². The summed E-state index contributed by atoms with van der Waals surface area (Å²) in [5, 5.41) is 10.1. The quantitative estimate of drug-likeness (QED) is 0.375. The summed E-state index contributed by atoms with van der Waals surface area (Å²) in [7, 11) is 7.03. The number of hydrogen-bond donors (Lipinski definition) is 1. The van der Waals surface area contributed by atoms with Gasteiger partial charge in [-0.3, -0.25) is 4.99 Å². The SMILES string of the molecule is COc1ccc(O)c(C=NC2CCCCC2[N+](C)=Cc2cc(OC)ccc2OC)c1.[Cu+]. The van der Waals surface area contributed by atoms with Crippen LogP contribution >= 0.6 is 0 Å². The van der Waals surface area contributed by atoms with Crippen LogP contribution in [0.3, 0.4) is 0 Å². The molecular formula is C24H31CuN2O4+2. The number of rotatable bonds is 7. The Morgan fingerprint density at radius 1 is 0.935 bits per heavy atom. The Hall–Kier alpha value is -2.50. The minimum Gasteiger partial charge on any atom is -0.507 e. The molecule has 31 heavy (non-hydrogen) atoms. The maximum Gasteiger partial charge on any atom is 1.00 e. The average Bonchev–Trinajstić information content (AvgIpc) is 2.78. The fraction of sp³-hybridized carbons (Fsp3) is 0.417. The van der Waals surface area contributed by atoms with Gasteiger partial charge in [-0.1, -0.05) is 6.42 Å². The maximum atomic E-state index is 10.1. The van der Waals surface area contributed by atoms with Crippen molar-refractivity contribution in [2.24, 2.45) is 4.99 Å². The number of aliphatic imine (C=N–C) groups is 1. The zero-order chi connectivity index (χ0) is 21.5. The third-order valence-electron chi connectivity index (χ3n) is 5.64. The first-order chi connectivity index (χ1) is 14.5. The number of phenolic OH excluding ortho intramolecular Hbond substituents is 1. The number of hydrogen-bond acceptors (Lipinski definition) is 5. The smallest absolute Gasteiger partial charge is 0.507 e. The second-order valence-corrected chi connectivity index (χ2v) is 7.52. The molecule has 0 spiro atoms. The summed E-state index contributed by atoms with van der Waals surface area (Å²) in [6.07, 6.45) is 8.27. The standard InChI is InChI=1S/C24H30N2O4.Cu/c1-26(16-18-14-20(29-3)10-12-24(18)30-4)22-8-6-5-7-21(22)25-15-17-13-19(28-2)9-11-23(17)27;/h9-16,21-22H,5-8H2,1-4H3;/q;+1/p+1. The first-order valence-electron chi connectivity index (χ1n) is 10.2. The molecule has 0 aromatic heterocycles. The second kappa shape index (κ2) is 11.8. The molecule has 1 N–H and O–H groups in total. The van der Waals surface area contributed by atoms with Crippen LogP contribution < -0.4 is 14.2 Å². The van der Waals surface area contributed by atoms with Crippen molar-refractivity contribution in [2.75, 3.05) is 28.4 Å². The van der Waals surface area contributed by atoms with Crippen molar-refractivity contribution < 1.29 is 41.0 Å². The predicted octanol–water partition coefficient (Wildman–Crippen LogP) is 3.91. The van der Waals surface area contributed by atoms with Gasteiger partial charge in [0, 0.05) is 18.2 Å². The molecule has 2 unspecified atom stereocenters. The van der Waals surface area contributed by atoms with Crippen molar-refractivity contribution in [2.45, 2.75) is 37.8 Å². The van der Waals surface area contributed by atoms with Crippen LogP contribution in [0.1, 0.15) is 36.8 Å². The first kappa shape index (κ1) is 24.8. The Morgan fingerprint density at radius 3 is 2.26 bits per heavy atom. The van der Waals surface area contributed by atoms with Crippen LogP contribution in [0.15, 0.2) is 41.4 Å². The summed E-state index contributed by atoms with van der Waals surface area (Å²) in [6.45, 7) is 0. The summed E-state index contributed by atoms with van der Waals surface area (Å²) < 4.78 is 18.4. The largest absolute Gasteiger partial charge is 1.00 e. The average molecular weight is 475 g/mol. The fourth-order valence-corrected chi connectivity index (χ4v) is 3.94. The molecule has 0 saturated heterocycles. The van der Waals surface area contributed by atoms with E-state index >= 15 is 0 Å². The number of aromatic hydroxyl groups is 1. The van der Waals surface area contributed by atoms with Crippen LogP contribution in [0.25, 0.3) is 0 Å². The Balaban J connectivity index is 0.00000341. The van der Waals surface area contributed by atoms with Gasteiger partial charge in [0.1, 0.15) is 36.1 Å². The summed E-state index contributed by atoms with van der Waals surface area (Å²) in [6, 6.07) is 11.4. The van der Waals surface area contributed by atoms with Crippen molar-refractivity contribution in [1.29, 1.82) is 0 Å². The molecule has 1 aliphatic carbocycles. The van der Waals surface area contributed by atoms with E-state index in [9.17, 15) is 5.11 Å². The molecule has 170 valence electrons. The van der Waals surface area contributed by atoms with E-state index in [1.165, 1.54) is 6.42 Å². The summed E-state index contributed by atoms with van der Waals surface area (Å²) in [5.74, 6) is 2.50. The third-order valence-corrected chi connectivity index (χ3v) is 5.64. The number of methoxy groups -OCH3 is 3. The van der Waals surface area contributed by atoms with E-state index in [1.807, 2.05) is 18.2 Å². The molecule has 6 nitrogen and oxygen atoms in total. The molecule has 0 amide bonds. The van der Waals surface area contributed by atoms with Gasteiger partial charge in [0.05, 0.1) is 26.9 Å². The van der Waals surface area contributed by atoms with Crippen molar-refractivity contribution >= 4 is 12.4 Å². The van der Waals surface area contributed by atoms with E-state index in [1.54, 1.807) is 45.7 Å². The summed E-state index contributed by atoms with van der Waals surface area (Å²) >= 11 is 0. The summed E-state index contributed by atoms with van der Waals surface area (Å²) in [4.78, 5) is 4.85. The molecule has 1 saturated carbocycles. The molecule has 1 fully saturated rings. The van der Waals surface area contributed by atoms with Gasteiger partial charge in [-0.25, -0.2) is 4.58 Å². The van der Waals surface area contributed by atoms with Crippen molar-refractivity contribution in [1.82, 2.24) is 0 Å². The monoisotopic (exact) mass is 474 g/mol. The fourth-order valence-electron chi connectivity index (χ4n) is 3.94. The van der Waals surface area contributed by atoms with Gasteiger partial charge in [-0.2, -0.15) is 0 Å². The Kier molecular flexibility index (Phi) is 9.41. The predicted molar refractivity (Wildman–Crippen MR) is 119 cm³/mol. The van der Waals surface area contributed by atoms with E-state index in [-0.39, 0.29) is 34.9 Å². The molecule has 0 radical (unpaired) electrons. The van der Waals surface area contributed by atoms with Gasteiger partial charge in [-0.15, -0.1) is 0 Å². The van der Waals surface area contributed by atoms with E-state index in [4.69, 9.17) is 19.2 Å². The van der Waals surface area contributed by atoms with E-state index in [0.29, 0.717) is 11.3 Å². The molecule has 7 heteroatoms. The topological polar surface area (TPSA) is 63.3 Å². The van der Waals surface area contributed by atoms with Gasteiger partial charge in [0.25, 0.3) is 0 Å². The first-order valence-corrected chi connectivity index (χ1v) is 10.2. The summed E-state index contributed by atoms with van der Waals surface area (Å²) in [5.41, 5.74) is 1.64. The normalized spacial score (nSPS) is 19.0. The molecule has 1 aliphatic rings. The molecule has 3 rings (SSSR count). The van der Waals surface area contributed by atoms with Gasteiger partial charge in [-0.05, 0) is 49.2 Å². The van der Waals surface area contributed by atoms with Crippen molar-refractivity contribution in [3.63, 3.8) is 0 Å². The number of nitrogens with zero attached hydrogens (tertiary/aromatic N) is 2. The Labute approximate surface area is 195 Å². The van der Waals surface area contributed by atoms with E-state index in [0.717, 1.165) is 36.3 Å². The number of phenols is 1. The van der Waals surface area contributed by atoms with Crippen LogP contribution in [0, 0.1) is 0 Å². The van der Waals surface area contributed by atoms with Crippen LogP contribution in [0.5, 0.6) is 23.0 Å². The zero-order valence-corrected chi connectivity index (χ0v) is 19.4. The molecule has 0 heterocycles. The molecule has 0 bridgehead atoms. The van der Waals surface area contributed by atoms with Gasteiger partial charge < -0.3 is 19.3 Å². The minimum atomic E-state index is 0. The molecule has 2 atom stereocenters. The van der Waals surface area contributed by atoms with Gasteiger partial charge in [0.15, 0.2) is 12.3 Å². The molecular weight excluding hydrogens is 444 g/mol. The molecule has 2 aromatic rings. The number of ether oxygens (including phenoxy) is 3. The van der Waals surface area contributed by atoms with Gasteiger partial charge >= 0.3 is 17.1 Å². The maximum absolute atomic E-state index is 10.1. The molecule has 0 aliphatic heterocycles. The molecule has 2 aromatic carbocycles. The van der Waals surface area contributed by atoms with E-state index < -0.39 is 0 Å². The van der Waals surface area contributed by atoms with Crippen molar-refractivity contribution in [3.05, 3.63) is 47.5 Å². The zero-order valence-electron chi connectivity index (χ0n) is 18.5. The minimum absolute atomic E-state index is 0. The van der Waals surface area contributed by atoms with Crippen molar-refractivity contribution in [3.8, 4) is 23.0 Å². The van der Waals surface area contributed by atoms with Crippen LogP contribution in [-0.2, 0) is 17.1 Å². The Bertz CT molecular complexity index is 930.